The predicted octanol–water partition coefficient (Wildman–Crippen LogP) is 6.37. The van der Waals surface area contributed by atoms with Crippen LogP contribution in [0.4, 0.5) is 11.4 Å². The fourth-order valence-corrected chi connectivity index (χ4v) is 9.23. The number of hydrogen-bond donors (Lipinski definition) is 1. The van der Waals surface area contributed by atoms with Gasteiger partial charge in [0.1, 0.15) is 24.2 Å². The van der Waals surface area contributed by atoms with Gasteiger partial charge in [-0.05, 0) is 28.3 Å². The van der Waals surface area contributed by atoms with Gasteiger partial charge in [-0.15, -0.1) is 23.2 Å². The molecule has 0 aromatic heterocycles. The normalized spacial score (nSPS) is 22.8. The van der Waals surface area contributed by atoms with Crippen LogP contribution in [0.15, 0.2) is 60.7 Å². The highest BCUT2D eigenvalue weighted by atomic mass is 35.5. The number of benzene rings is 4. The number of phenols is 1. The summed E-state index contributed by atoms with van der Waals surface area (Å²) >= 11 is 12.9. The number of phenolic OH excluding ortho intramolecular Hbond substituents is 1. The summed E-state index contributed by atoms with van der Waals surface area (Å²) in [6.07, 6.45) is -6.78. The first-order valence-corrected chi connectivity index (χ1v) is 21.3. The molecule has 3 aliphatic rings. The van der Waals surface area contributed by atoms with Crippen LogP contribution >= 0.6 is 23.2 Å². The van der Waals surface area contributed by atoms with E-state index in [0.717, 1.165) is 42.7 Å². The van der Waals surface area contributed by atoms with Gasteiger partial charge >= 0.3 is 23.9 Å². The van der Waals surface area contributed by atoms with Gasteiger partial charge in [-0.2, -0.15) is 0 Å². The van der Waals surface area contributed by atoms with Gasteiger partial charge in [0.05, 0.1) is 11.4 Å². The van der Waals surface area contributed by atoms with E-state index in [0.29, 0.717) is 28.7 Å². The molecule has 0 saturated carbocycles. The van der Waals surface area contributed by atoms with Gasteiger partial charge in [0, 0.05) is 100 Å². The minimum absolute atomic E-state index is 0.0193. The van der Waals surface area contributed by atoms with Gasteiger partial charge in [-0.3, -0.25) is 28.8 Å². The summed E-state index contributed by atoms with van der Waals surface area (Å²) in [6.45, 7) is 4.73. The molecule has 7 rings (SSSR count). The number of halogens is 2. The van der Waals surface area contributed by atoms with Crippen molar-refractivity contribution in [1.82, 2.24) is 0 Å². The fraction of sp³-hybridized carbons (Fsp3) is 0.422. The van der Waals surface area contributed by atoms with Crippen LogP contribution < -0.4 is 14.5 Å². The molecule has 2 amide bonds. The Morgan fingerprint density at radius 1 is 0.661 bits per heavy atom. The molecule has 4 aromatic rings. The fourth-order valence-electron chi connectivity index (χ4n) is 8.73. The summed E-state index contributed by atoms with van der Waals surface area (Å²) in [5.41, 5.74) is 2.83. The van der Waals surface area contributed by atoms with Crippen molar-refractivity contribution in [2.24, 2.45) is 0 Å². The molecular weight excluding hydrogens is 847 g/mol. The maximum absolute atomic E-state index is 14.2. The van der Waals surface area contributed by atoms with Crippen LogP contribution in [0.3, 0.4) is 0 Å². The largest absolute Gasteiger partial charge is 0.507 e. The van der Waals surface area contributed by atoms with Crippen molar-refractivity contribution in [2.45, 2.75) is 89.5 Å². The van der Waals surface area contributed by atoms with Gasteiger partial charge in [0.2, 0.25) is 24.2 Å². The average molecular weight is 894 g/mol. The third kappa shape index (κ3) is 8.97. The number of esters is 4. The van der Waals surface area contributed by atoms with E-state index in [1.54, 1.807) is 34.1 Å². The van der Waals surface area contributed by atoms with E-state index in [1.165, 1.54) is 6.92 Å². The Balaban J connectivity index is 1.16. The zero-order valence-corrected chi connectivity index (χ0v) is 36.0. The maximum Gasteiger partial charge on any atom is 0.303 e. The van der Waals surface area contributed by atoms with Crippen molar-refractivity contribution < 1.29 is 62.3 Å². The number of rotatable bonds is 13. The Kier molecular flexibility index (Phi) is 13.4. The number of anilines is 2. The van der Waals surface area contributed by atoms with E-state index >= 15 is 0 Å². The van der Waals surface area contributed by atoms with Crippen LogP contribution in [0.1, 0.15) is 69.9 Å². The van der Waals surface area contributed by atoms with Crippen molar-refractivity contribution in [2.75, 3.05) is 41.3 Å². The zero-order chi connectivity index (χ0) is 44.4. The Labute approximate surface area is 367 Å². The second-order valence-electron chi connectivity index (χ2n) is 15.5. The van der Waals surface area contributed by atoms with E-state index in [2.05, 4.69) is 0 Å². The van der Waals surface area contributed by atoms with Crippen LogP contribution in [-0.4, -0.2) is 103 Å². The molecule has 1 saturated heterocycles. The molecule has 3 heterocycles. The molecule has 4 aromatic carbocycles. The van der Waals surface area contributed by atoms with Gasteiger partial charge in [0.25, 0.3) is 0 Å². The molecule has 0 aliphatic carbocycles. The average Bonchev–Trinajstić information content (AvgIpc) is 3.80. The number of ether oxygens (including phenoxy) is 6. The number of nitrogens with zero attached hydrogens (tertiary/aromatic N) is 2. The molecule has 0 radical (unpaired) electrons. The summed E-state index contributed by atoms with van der Waals surface area (Å²) in [5, 5.41) is 13.7. The summed E-state index contributed by atoms with van der Waals surface area (Å²) in [7, 11) is 0. The molecule has 0 spiro atoms. The van der Waals surface area contributed by atoms with E-state index in [1.807, 2.05) is 36.4 Å². The Hall–Kier alpha value is -5.64. The lowest BCUT2D eigenvalue weighted by Gasteiger charge is -2.44. The van der Waals surface area contributed by atoms with Crippen LogP contribution in [0.5, 0.6) is 11.5 Å². The van der Waals surface area contributed by atoms with E-state index in [-0.39, 0.29) is 72.7 Å². The van der Waals surface area contributed by atoms with Crippen LogP contribution in [0.25, 0.3) is 21.5 Å². The van der Waals surface area contributed by atoms with Gasteiger partial charge in [-0.1, -0.05) is 48.5 Å². The predicted molar refractivity (Wildman–Crippen MR) is 228 cm³/mol. The van der Waals surface area contributed by atoms with Crippen molar-refractivity contribution >= 4 is 91.8 Å². The third-order valence-corrected chi connectivity index (χ3v) is 12.0. The first-order chi connectivity index (χ1) is 29.7. The number of amides is 2. The van der Waals surface area contributed by atoms with Crippen LogP contribution in [0, 0.1) is 0 Å². The molecule has 0 bridgehead atoms. The third-order valence-electron chi connectivity index (χ3n) is 11.2. The summed E-state index contributed by atoms with van der Waals surface area (Å²) in [4.78, 5) is 80.3. The Morgan fingerprint density at radius 3 is 1.68 bits per heavy atom. The molecule has 0 unspecified atom stereocenters. The lowest BCUT2D eigenvalue weighted by atomic mass is 9.95. The Bertz CT molecular complexity index is 2430. The molecule has 17 heteroatoms. The number of alkyl halides is 2. The lowest BCUT2D eigenvalue weighted by Crippen LogP contribution is -2.63. The van der Waals surface area contributed by atoms with E-state index in [4.69, 9.17) is 51.6 Å². The van der Waals surface area contributed by atoms with Gasteiger partial charge in [0.15, 0.2) is 12.2 Å². The number of fused-ring (bicyclic) bond motifs is 6. The molecule has 15 nitrogen and oxygen atoms in total. The molecule has 1 N–H and O–H groups in total. The van der Waals surface area contributed by atoms with Crippen molar-refractivity contribution in [3.05, 3.63) is 71.8 Å². The first kappa shape index (κ1) is 44.4. The van der Waals surface area contributed by atoms with Gasteiger partial charge in [-0.25, -0.2) is 0 Å². The van der Waals surface area contributed by atoms with Crippen molar-refractivity contribution in [3.63, 3.8) is 0 Å². The molecular formula is C45H46Cl2N2O13. The highest BCUT2D eigenvalue weighted by molar-refractivity contribution is 6.19. The monoisotopic (exact) mass is 892 g/mol. The van der Waals surface area contributed by atoms with Crippen LogP contribution in [-0.2, 0) is 52.5 Å². The number of carbonyl (C=O) groups is 6. The lowest BCUT2D eigenvalue weighted by molar-refractivity contribution is -0.288. The van der Waals surface area contributed by atoms with Crippen molar-refractivity contribution in [3.8, 4) is 11.5 Å². The number of hydrogen-bond acceptors (Lipinski definition) is 13. The number of carbonyl (C=O) groups excluding carboxylic acids is 6. The summed E-state index contributed by atoms with van der Waals surface area (Å²) < 4.78 is 34.7. The highest BCUT2D eigenvalue weighted by Crippen LogP contribution is 2.48. The summed E-state index contributed by atoms with van der Waals surface area (Å²) in [6, 6.07) is 18.0. The quantitative estimate of drug-likeness (QED) is 0.0889. The number of aromatic hydroxyl groups is 1. The minimum atomic E-state index is -1.52. The molecule has 62 heavy (non-hydrogen) atoms. The SMILES string of the molecule is CC(=O)OC[C@H]1O[C@@H](Oc2cc3c(c4ccccc24)[C@H](CCl)CN3C(=O)CCCC(=O)N2C[C@@H](CCl)c3c2cc(O)c2ccccc32)[C@H](OC(C)=O)[C@@H](OC(C)=O)[C@H]1OC(C)=O. The molecule has 3 aliphatic heterocycles. The zero-order valence-electron chi connectivity index (χ0n) is 34.5. The maximum atomic E-state index is 14.2. The molecule has 1 fully saturated rings. The smallest absolute Gasteiger partial charge is 0.303 e. The van der Waals surface area contributed by atoms with E-state index in [9.17, 15) is 33.9 Å². The highest BCUT2D eigenvalue weighted by Gasteiger charge is 2.53. The molecule has 328 valence electrons. The summed E-state index contributed by atoms with van der Waals surface area (Å²) in [5.74, 6) is -3.14. The van der Waals surface area contributed by atoms with Gasteiger partial charge < -0.3 is 43.3 Å². The first-order valence-electron chi connectivity index (χ1n) is 20.2. The standard InChI is InChI=1S/C45H46Cl2N2O13/c1-23(50)57-22-37-42(58-24(2)51)43(59-25(3)52)44(60-26(4)53)45(62-37)61-36-17-34-41(32-13-8-6-11-30(32)36)28(19-47)21-49(34)39(56)15-9-14-38(55)48-20-27(18-46)40-31-12-7-5-10-29(31)35(54)16-33(40)48/h5-8,10-13,16-17,27-28,37,42-45,54H,9,14-15,18-22H2,1-4H3/t27-,28-,37-,42+,43+,44-,45-/m1/s1. The van der Waals surface area contributed by atoms with Crippen molar-refractivity contribution in [1.29, 1.82) is 0 Å². The van der Waals surface area contributed by atoms with Crippen LogP contribution in [0.2, 0.25) is 0 Å². The second kappa shape index (κ2) is 18.8. The molecule has 7 atom stereocenters. The van der Waals surface area contributed by atoms with E-state index < -0.39 is 61.2 Å². The minimum Gasteiger partial charge on any atom is -0.507 e. The topological polar surface area (TPSA) is 185 Å². The second-order valence-corrected chi connectivity index (χ2v) is 16.1. The Morgan fingerprint density at radius 2 is 1.15 bits per heavy atom.